The molecule has 0 aliphatic heterocycles. The summed E-state index contributed by atoms with van der Waals surface area (Å²) >= 11 is 0. The van der Waals surface area contributed by atoms with E-state index in [1.54, 1.807) is 0 Å². The maximum atomic E-state index is 10.9. The molecular weight excluding hydrogens is 182 g/mol. The van der Waals surface area contributed by atoms with Gasteiger partial charge < -0.3 is 15.2 Å². The van der Waals surface area contributed by atoms with E-state index in [-0.39, 0.29) is 11.0 Å². The number of nitrogens with one attached hydrogen (secondary N) is 1. The van der Waals surface area contributed by atoms with Crippen LogP contribution in [0.25, 0.3) is 0 Å². The predicted octanol–water partition coefficient (Wildman–Crippen LogP) is 1.55. The summed E-state index contributed by atoms with van der Waals surface area (Å²) in [5.41, 5.74) is -0.349. The molecule has 2 N–H and O–H groups in total. The topological polar surface area (TPSA) is 66.4 Å². The Kier molecular flexibility index (Phi) is 2.01. The Morgan fingerprint density at radius 3 is 2.00 bits per heavy atom. The van der Waals surface area contributed by atoms with E-state index in [0.29, 0.717) is 0 Å². The van der Waals surface area contributed by atoms with Crippen LogP contribution in [0.2, 0.25) is 0 Å². The molecule has 3 aliphatic carbocycles. The first-order valence-electron chi connectivity index (χ1n) is 5.07. The average Bonchev–Trinajstić information content (AvgIpc) is 2.19. The van der Waals surface area contributed by atoms with E-state index < -0.39 is 6.09 Å². The first-order chi connectivity index (χ1) is 6.60. The Morgan fingerprint density at radius 1 is 1.14 bits per heavy atom. The number of rotatable bonds is 2. The molecule has 0 atom stereocenters. The van der Waals surface area contributed by atoms with Crippen molar-refractivity contribution in [1.29, 1.82) is 0 Å². The van der Waals surface area contributed by atoms with Crippen LogP contribution in [0.15, 0.2) is 0 Å². The van der Waals surface area contributed by atoms with E-state index in [2.05, 4.69) is 5.32 Å². The lowest BCUT2D eigenvalue weighted by Crippen LogP contribution is -2.56. The van der Waals surface area contributed by atoms with E-state index in [1.165, 1.54) is 0 Å². The lowest BCUT2D eigenvalue weighted by Gasteiger charge is -2.50. The summed E-state index contributed by atoms with van der Waals surface area (Å²) in [5, 5.41) is 11.3. The summed E-state index contributed by atoms with van der Waals surface area (Å²) in [4.78, 5) is 21.5. The van der Waals surface area contributed by atoms with Crippen LogP contribution in [0.1, 0.15) is 38.5 Å². The molecule has 0 aromatic carbocycles. The van der Waals surface area contributed by atoms with Crippen molar-refractivity contribution in [3.63, 3.8) is 0 Å². The third-order valence-corrected chi connectivity index (χ3v) is 3.93. The van der Waals surface area contributed by atoms with E-state index >= 15 is 0 Å². The summed E-state index contributed by atoms with van der Waals surface area (Å²) in [6.45, 7) is 0. The molecule has 3 rings (SSSR count). The van der Waals surface area contributed by atoms with Crippen molar-refractivity contribution in [2.75, 3.05) is 0 Å². The van der Waals surface area contributed by atoms with Gasteiger partial charge in [0, 0.05) is 11.0 Å². The summed E-state index contributed by atoms with van der Waals surface area (Å²) < 4.78 is 0. The van der Waals surface area contributed by atoms with Crippen LogP contribution in [0.5, 0.6) is 0 Å². The predicted molar refractivity (Wildman–Crippen MR) is 50.1 cm³/mol. The SMILES string of the molecule is O=CC12CCC(NC(=O)O)(CC1)CC2. The number of hydrogen-bond acceptors (Lipinski definition) is 2. The van der Waals surface area contributed by atoms with Gasteiger partial charge in [-0.1, -0.05) is 0 Å². The number of carbonyl (C=O) groups is 2. The lowest BCUT2D eigenvalue weighted by molar-refractivity contribution is -0.122. The van der Waals surface area contributed by atoms with E-state index in [4.69, 9.17) is 5.11 Å². The summed E-state index contributed by atoms with van der Waals surface area (Å²) in [6.07, 6.45) is 5.13. The lowest BCUT2D eigenvalue weighted by atomic mass is 9.58. The van der Waals surface area contributed by atoms with E-state index in [9.17, 15) is 9.59 Å². The van der Waals surface area contributed by atoms with E-state index in [1.807, 2.05) is 0 Å². The second kappa shape index (κ2) is 2.97. The molecule has 0 saturated heterocycles. The average molecular weight is 197 g/mol. The van der Waals surface area contributed by atoms with Gasteiger partial charge in [-0.25, -0.2) is 4.79 Å². The van der Waals surface area contributed by atoms with Crippen LogP contribution >= 0.6 is 0 Å². The van der Waals surface area contributed by atoms with Gasteiger partial charge in [0.1, 0.15) is 6.29 Å². The third-order valence-electron chi connectivity index (χ3n) is 3.93. The maximum absolute atomic E-state index is 10.9. The molecule has 0 heterocycles. The molecule has 1 amide bonds. The van der Waals surface area contributed by atoms with Gasteiger partial charge >= 0.3 is 6.09 Å². The highest BCUT2D eigenvalue weighted by atomic mass is 16.4. The van der Waals surface area contributed by atoms with Crippen molar-refractivity contribution in [2.45, 2.75) is 44.1 Å². The smallest absolute Gasteiger partial charge is 0.405 e. The molecule has 3 saturated carbocycles. The number of aldehydes is 1. The summed E-state index contributed by atoms with van der Waals surface area (Å²) in [6, 6.07) is 0. The van der Waals surface area contributed by atoms with Gasteiger partial charge in [0.05, 0.1) is 0 Å². The van der Waals surface area contributed by atoms with Crippen molar-refractivity contribution >= 4 is 12.4 Å². The number of hydrogen-bond donors (Lipinski definition) is 2. The Bertz CT molecular complexity index is 250. The van der Waals surface area contributed by atoms with Crippen LogP contribution in [0, 0.1) is 5.41 Å². The third kappa shape index (κ3) is 1.38. The molecule has 0 aromatic heterocycles. The first-order valence-corrected chi connectivity index (χ1v) is 5.07. The van der Waals surface area contributed by atoms with Gasteiger partial charge in [-0.2, -0.15) is 0 Å². The van der Waals surface area contributed by atoms with Crippen molar-refractivity contribution in [2.24, 2.45) is 5.41 Å². The quantitative estimate of drug-likeness (QED) is 0.660. The standard InChI is InChI=1S/C10H15NO3/c12-7-9-1-4-10(5-2-9,6-3-9)11-8(13)14/h7,11H,1-6H2,(H,13,14). The van der Waals surface area contributed by atoms with Gasteiger partial charge in [0.25, 0.3) is 0 Å². The summed E-state index contributed by atoms with van der Waals surface area (Å²) in [7, 11) is 0. The highest BCUT2D eigenvalue weighted by Gasteiger charge is 2.49. The Morgan fingerprint density at radius 2 is 1.64 bits per heavy atom. The normalized spacial score (nSPS) is 40.6. The molecule has 0 spiro atoms. The number of amides is 1. The second-order valence-electron chi connectivity index (χ2n) is 4.69. The van der Waals surface area contributed by atoms with Gasteiger partial charge in [-0.15, -0.1) is 0 Å². The Hall–Kier alpha value is -1.06. The second-order valence-corrected chi connectivity index (χ2v) is 4.69. The minimum atomic E-state index is -0.939. The molecule has 0 unspecified atom stereocenters. The van der Waals surface area contributed by atoms with Crippen LogP contribution in [-0.2, 0) is 4.79 Å². The Balaban J connectivity index is 2.08. The zero-order valence-corrected chi connectivity index (χ0v) is 8.08. The molecule has 14 heavy (non-hydrogen) atoms. The number of carbonyl (C=O) groups excluding carboxylic acids is 1. The number of fused-ring (bicyclic) bond motifs is 3. The van der Waals surface area contributed by atoms with Crippen molar-refractivity contribution in [3.8, 4) is 0 Å². The van der Waals surface area contributed by atoms with Crippen molar-refractivity contribution in [3.05, 3.63) is 0 Å². The van der Waals surface area contributed by atoms with Crippen LogP contribution in [0.4, 0.5) is 4.79 Å². The molecule has 4 heteroatoms. The molecule has 4 nitrogen and oxygen atoms in total. The molecular formula is C10H15NO3. The summed E-state index contributed by atoms with van der Waals surface area (Å²) in [5.74, 6) is 0. The fourth-order valence-corrected chi connectivity index (χ4v) is 2.81. The maximum Gasteiger partial charge on any atom is 0.405 e. The van der Waals surface area contributed by atoms with Crippen LogP contribution in [0.3, 0.4) is 0 Å². The van der Waals surface area contributed by atoms with Gasteiger partial charge in [0.2, 0.25) is 0 Å². The van der Waals surface area contributed by atoms with Crippen LogP contribution in [-0.4, -0.2) is 23.0 Å². The molecule has 78 valence electrons. The van der Waals surface area contributed by atoms with Crippen molar-refractivity contribution < 1.29 is 14.7 Å². The van der Waals surface area contributed by atoms with Gasteiger partial charge in [-0.05, 0) is 38.5 Å². The van der Waals surface area contributed by atoms with E-state index in [0.717, 1.165) is 44.8 Å². The zero-order chi connectivity index (χ0) is 10.2. The van der Waals surface area contributed by atoms with Crippen LogP contribution < -0.4 is 5.32 Å². The Labute approximate surface area is 82.7 Å². The van der Waals surface area contributed by atoms with Crippen molar-refractivity contribution in [1.82, 2.24) is 5.32 Å². The minimum Gasteiger partial charge on any atom is -0.465 e. The largest absolute Gasteiger partial charge is 0.465 e. The highest BCUT2D eigenvalue weighted by Crippen LogP contribution is 2.50. The molecule has 0 radical (unpaired) electrons. The fraction of sp³-hybridized carbons (Fsp3) is 0.800. The molecule has 2 bridgehead atoms. The fourth-order valence-electron chi connectivity index (χ4n) is 2.81. The first kappa shape index (κ1) is 9.49. The molecule has 0 aromatic rings. The zero-order valence-electron chi connectivity index (χ0n) is 8.08. The number of carboxylic acid groups (broad SMARTS) is 1. The molecule has 3 fully saturated rings. The highest BCUT2D eigenvalue weighted by molar-refractivity contribution is 5.66. The molecule has 3 aliphatic rings. The van der Waals surface area contributed by atoms with Gasteiger partial charge in [-0.3, -0.25) is 0 Å². The monoisotopic (exact) mass is 197 g/mol. The van der Waals surface area contributed by atoms with Gasteiger partial charge in [0.15, 0.2) is 0 Å². The minimum absolute atomic E-state index is 0.123.